The quantitative estimate of drug-likeness (QED) is 0.563. The van der Waals surface area contributed by atoms with Gasteiger partial charge in [0, 0.05) is 12.2 Å². The molecule has 0 aliphatic carbocycles. The summed E-state index contributed by atoms with van der Waals surface area (Å²) in [7, 11) is 0. The van der Waals surface area contributed by atoms with E-state index in [-0.39, 0.29) is 5.84 Å². The number of nitrogens with one attached hydrogen (secondary N) is 1. The van der Waals surface area contributed by atoms with Crippen LogP contribution in [0.5, 0.6) is 0 Å². The maximum atomic E-state index is 7.37. The molecule has 3 N–H and O–H groups in total. The Morgan fingerprint density at radius 2 is 2.06 bits per heavy atom. The average molecular weight is 234 g/mol. The molecule has 0 amide bonds. The number of hydrogen-bond donors (Lipinski definition) is 2. The van der Waals surface area contributed by atoms with E-state index in [1.807, 2.05) is 24.3 Å². The molecule has 3 nitrogen and oxygen atoms in total. The zero-order chi connectivity index (χ0) is 12.7. The largest absolute Gasteiger partial charge is 0.384 e. The van der Waals surface area contributed by atoms with E-state index in [0.29, 0.717) is 12.5 Å². The van der Waals surface area contributed by atoms with E-state index in [9.17, 15) is 0 Å². The molecule has 0 atom stereocenters. The highest BCUT2D eigenvalue weighted by atomic mass is 16.5. The first-order valence-corrected chi connectivity index (χ1v) is 6.18. The molecule has 0 radical (unpaired) electrons. The zero-order valence-electron chi connectivity index (χ0n) is 10.7. The standard InChI is InChI=1S/C14H22N2O/c1-3-11(4-2)9-17-10-12-6-5-7-13(8-12)14(15)16/h5-8,11H,3-4,9-10H2,1-2H3,(H3,15,16). The highest BCUT2D eigenvalue weighted by molar-refractivity contribution is 5.95. The zero-order valence-corrected chi connectivity index (χ0v) is 10.7. The summed E-state index contributed by atoms with van der Waals surface area (Å²) in [6, 6.07) is 7.66. The van der Waals surface area contributed by atoms with Gasteiger partial charge in [0.1, 0.15) is 5.84 Å². The van der Waals surface area contributed by atoms with Crippen LogP contribution in [0.4, 0.5) is 0 Å². The van der Waals surface area contributed by atoms with Crippen LogP contribution in [0, 0.1) is 11.3 Å². The van der Waals surface area contributed by atoms with E-state index in [1.165, 1.54) is 0 Å². The normalized spacial score (nSPS) is 10.8. The Kier molecular flexibility index (Phi) is 5.70. The Bertz CT molecular complexity index is 359. The second kappa shape index (κ2) is 7.07. The topological polar surface area (TPSA) is 59.1 Å². The van der Waals surface area contributed by atoms with Gasteiger partial charge < -0.3 is 10.5 Å². The van der Waals surface area contributed by atoms with E-state index >= 15 is 0 Å². The molecule has 0 fully saturated rings. The van der Waals surface area contributed by atoms with Gasteiger partial charge in [0.15, 0.2) is 0 Å². The molecule has 1 aromatic carbocycles. The summed E-state index contributed by atoms with van der Waals surface area (Å²) in [6.45, 7) is 5.77. The fourth-order valence-corrected chi connectivity index (χ4v) is 1.70. The number of nitrogen functional groups attached to an aromatic ring is 1. The maximum Gasteiger partial charge on any atom is 0.122 e. The summed E-state index contributed by atoms with van der Waals surface area (Å²) in [5.41, 5.74) is 7.28. The molecule has 0 aliphatic heterocycles. The third kappa shape index (κ3) is 4.57. The number of ether oxygens (including phenoxy) is 1. The molecule has 0 spiro atoms. The van der Waals surface area contributed by atoms with Crippen LogP contribution >= 0.6 is 0 Å². The SMILES string of the molecule is CCC(CC)COCc1cccc(C(=N)N)c1. The van der Waals surface area contributed by atoms with Crippen LogP contribution in [0.25, 0.3) is 0 Å². The lowest BCUT2D eigenvalue weighted by molar-refractivity contribution is 0.0843. The van der Waals surface area contributed by atoms with Gasteiger partial charge in [0.25, 0.3) is 0 Å². The van der Waals surface area contributed by atoms with Gasteiger partial charge in [-0.1, -0.05) is 44.9 Å². The van der Waals surface area contributed by atoms with Crippen LogP contribution in [0.15, 0.2) is 24.3 Å². The van der Waals surface area contributed by atoms with Gasteiger partial charge in [-0.15, -0.1) is 0 Å². The summed E-state index contributed by atoms with van der Waals surface area (Å²) >= 11 is 0. The molecule has 1 aromatic rings. The molecule has 0 saturated carbocycles. The first kappa shape index (κ1) is 13.7. The Morgan fingerprint density at radius 3 is 2.65 bits per heavy atom. The molecule has 1 rings (SSSR count). The third-order valence-corrected chi connectivity index (χ3v) is 3.01. The van der Waals surface area contributed by atoms with Crippen molar-refractivity contribution in [3.05, 3.63) is 35.4 Å². The molecule has 0 saturated heterocycles. The van der Waals surface area contributed by atoms with Gasteiger partial charge in [-0.25, -0.2) is 0 Å². The number of hydrogen-bond acceptors (Lipinski definition) is 2. The molecule has 0 heterocycles. The summed E-state index contributed by atoms with van der Waals surface area (Å²) in [4.78, 5) is 0. The summed E-state index contributed by atoms with van der Waals surface area (Å²) < 4.78 is 5.69. The summed E-state index contributed by atoms with van der Waals surface area (Å²) in [6.07, 6.45) is 2.31. The predicted molar refractivity (Wildman–Crippen MR) is 71.2 cm³/mol. The van der Waals surface area contributed by atoms with E-state index < -0.39 is 0 Å². The van der Waals surface area contributed by atoms with Crippen LogP contribution in [-0.2, 0) is 11.3 Å². The average Bonchev–Trinajstić information content (AvgIpc) is 2.35. The molecule has 0 aromatic heterocycles. The van der Waals surface area contributed by atoms with Crippen molar-refractivity contribution in [2.24, 2.45) is 11.7 Å². The lowest BCUT2D eigenvalue weighted by Crippen LogP contribution is -2.11. The van der Waals surface area contributed by atoms with Crippen LogP contribution < -0.4 is 5.73 Å². The first-order chi connectivity index (χ1) is 8.17. The summed E-state index contributed by atoms with van der Waals surface area (Å²) in [5, 5.41) is 7.37. The maximum absolute atomic E-state index is 7.37. The number of benzene rings is 1. The molecule has 17 heavy (non-hydrogen) atoms. The molecule has 0 bridgehead atoms. The fourth-order valence-electron chi connectivity index (χ4n) is 1.70. The Hall–Kier alpha value is -1.35. The van der Waals surface area contributed by atoms with Crippen molar-refractivity contribution in [2.45, 2.75) is 33.3 Å². The smallest absolute Gasteiger partial charge is 0.122 e. The second-order valence-electron chi connectivity index (χ2n) is 4.31. The Balaban J connectivity index is 2.46. The van der Waals surface area contributed by atoms with Gasteiger partial charge in [-0.2, -0.15) is 0 Å². The van der Waals surface area contributed by atoms with Crippen molar-refractivity contribution in [3.8, 4) is 0 Å². The number of amidine groups is 1. The van der Waals surface area contributed by atoms with Crippen LogP contribution in [-0.4, -0.2) is 12.4 Å². The monoisotopic (exact) mass is 234 g/mol. The fraction of sp³-hybridized carbons (Fsp3) is 0.500. The van der Waals surface area contributed by atoms with Gasteiger partial charge >= 0.3 is 0 Å². The van der Waals surface area contributed by atoms with Gasteiger partial charge in [0.2, 0.25) is 0 Å². The molecule has 0 unspecified atom stereocenters. The Morgan fingerprint density at radius 1 is 1.35 bits per heavy atom. The van der Waals surface area contributed by atoms with Crippen molar-refractivity contribution in [1.82, 2.24) is 0 Å². The van der Waals surface area contributed by atoms with E-state index in [4.69, 9.17) is 15.9 Å². The van der Waals surface area contributed by atoms with Crippen LogP contribution in [0.2, 0.25) is 0 Å². The van der Waals surface area contributed by atoms with E-state index in [2.05, 4.69) is 13.8 Å². The van der Waals surface area contributed by atoms with Crippen molar-refractivity contribution in [1.29, 1.82) is 5.41 Å². The second-order valence-corrected chi connectivity index (χ2v) is 4.31. The summed E-state index contributed by atoms with van der Waals surface area (Å²) in [5.74, 6) is 0.748. The first-order valence-electron chi connectivity index (χ1n) is 6.18. The third-order valence-electron chi connectivity index (χ3n) is 3.01. The van der Waals surface area contributed by atoms with E-state index in [1.54, 1.807) is 0 Å². The van der Waals surface area contributed by atoms with Crippen LogP contribution in [0.3, 0.4) is 0 Å². The van der Waals surface area contributed by atoms with Crippen LogP contribution in [0.1, 0.15) is 37.8 Å². The van der Waals surface area contributed by atoms with E-state index in [0.717, 1.165) is 30.6 Å². The van der Waals surface area contributed by atoms with Gasteiger partial charge in [0.05, 0.1) is 6.61 Å². The number of nitrogens with two attached hydrogens (primary N) is 1. The highest BCUT2D eigenvalue weighted by Gasteiger charge is 2.04. The minimum atomic E-state index is 0.104. The van der Waals surface area contributed by atoms with Crippen molar-refractivity contribution < 1.29 is 4.74 Å². The predicted octanol–water partition coefficient (Wildman–Crippen LogP) is 2.92. The molecule has 94 valence electrons. The van der Waals surface area contributed by atoms with Gasteiger partial charge in [-0.05, 0) is 17.5 Å². The number of rotatable bonds is 7. The van der Waals surface area contributed by atoms with Crippen molar-refractivity contribution in [2.75, 3.05) is 6.61 Å². The minimum absolute atomic E-state index is 0.104. The van der Waals surface area contributed by atoms with Crippen molar-refractivity contribution in [3.63, 3.8) is 0 Å². The lowest BCUT2D eigenvalue weighted by Gasteiger charge is -2.12. The Labute approximate surface area is 103 Å². The molecular weight excluding hydrogens is 212 g/mol. The van der Waals surface area contributed by atoms with Crippen molar-refractivity contribution >= 4 is 5.84 Å². The molecule has 0 aliphatic rings. The molecule has 3 heteroatoms. The lowest BCUT2D eigenvalue weighted by atomic mass is 10.1. The van der Waals surface area contributed by atoms with Gasteiger partial charge in [-0.3, -0.25) is 5.41 Å². The highest BCUT2D eigenvalue weighted by Crippen LogP contribution is 2.10. The molecular formula is C14H22N2O. The minimum Gasteiger partial charge on any atom is -0.384 e.